The highest BCUT2D eigenvalue weighted by molar-refractivity contribution is 7.80. The van der Waals surface area contributed by atoms with Crippen molar-refractivity contribution in [1.82, 2.24) is 24.8 Å². The lowest BCUT2D eigenvalue weighted by atomic mass is 10.1. The summed E-state index contributed by atoms with van der Waals surface area (Å²) in [5.41, 5.74) is 6.26. The van der Waals surface area contributed by atoms with E-state index in [2.05, 4.69) is 38.2 Å². The van der Waals surface area contributed by atoms with Gasteiger partial charge in [-0.15, -0.1) is 12.6 Å². The van der Waals surface area contributed by atoms with Gasteiger partial charge in [0.1, 0.15) is 34.9 Å². The Labute approximate surface area is 183 Å². The lowest BCUT2D eigenvalue weighted by molar-refractivity contribution is -0.124. The van der Waals surface area contributed by atoms with E-state index in [0.717, 1.165) is 0 Å². The molecular weight excluding hydrogens is 430 g/mol. The number of aromatic nitrogens is 4. The fraction of sp³-hybridized carbons (Fsp3) is 0.647. The number of carbonyl (C=O) groups is 1. The van der Waals surface area contributed by atoms with Gasteiger partial charge in [0.25, 0.3) is 0 Å². The average molecular weight is 458 g/mol. The third-order valence-electron chi connectivity index (χ3n) is 4.95. The number of rotatable bonds is 9. The monoisotopic (exact) mass is 457 g/mol. The molecule has 2 aromatic rings. The Kier molecular flexibility index (Phi) is 7.64. The molecule has 8 N–H and O–H groups in total. The van der Waals surface area contributed by atoms with Crippen LogP contribution in [0.15, 0.2) is 11.4 Å². The minimum Gasteiger partial charge on any atom is -0.394 e. The van der Waals surface area contributed by atoms with Crippen LogP contribution in [0.1, 0.15) is 19.6 Å². The van der Waals surface area contributed by atoms with Gasteiger partial charge in [0.05, 0.1) is 19.0 Å². The zero-order valence-corrected chi connectivity index (χ0v) is 17.7. The van der Waals surface area contributed by atoms with E-state index in [1.54, 1.807) is 0 Å². The number of aliphatic hydroxyl groups excluding tert-OH is 4. The van der Waals surface area contributed by atoms with Crippen molar-refractivity contribution in [2.45, 2.75) is 55.1 Å². The summed E-state index contributed by atoms with van der Waals surface area (Å²) in [4.78, 5) is 24.5. The summed E-state index contributed by atoms with van der Waals surface area (Å²) in [6, 6.07) is -0.983. The molecule has 31 heavy (non-hydrogen) atoms. The minimum absolute atomic E-state index is 0.248. The molecule has 3 heterocycles. The quantitative estimate of drug-likeness (QED) is 0.111. The van der Waals surface area contributed by atoms with Crippen molar-refractivity contribution in [3.63, 3.8) is 0 Å². The fourth-order valence-corrected chi connectivity index (χ4v) is 3.37. The fourth-order valence-electron chi connectivity index (χ4n) is 3.11. The molecule has 0 aromatic carbocycles. The number of hydrogen-bond acceptors (Lipinski definition) is 12. The molecule has 13 nitrogen and oxygen atoms in total. The molecule has 0 bridgehead atoms. The molecule has 0 spiro atoms. The smallest absolute Gasteiger partial charge is 0.239 e. The Bertz CT molecular complexity index is 912. The maximum atomic E-state index is 11.7. The first-order chi connectivity index (χ1) is 14.7. The highest BCUT2D eigenvalue weighted by Gasteiger charge is 2.44. The zero-order chi connectivity index (χ0) is 22.7. The highest BCUT2D eigenvalue weighted by atomic mass is 32.1. The standard InChI is InChI=1S/C17H27N7O6S/c1-7(26)9(18)14(29)19-3-2-4-20-17-22-13-10(15(31)23-17)21-6-24(13)16-12(28)11(27)8(5-25)30-16/h6-9,11-12,16,25-28H,2-5,18H2,1H3,(H,19,29)(H2,20,22,23,31)/t7?,8-,9?,11?,12+,16-/m1/s1. The number of fused-ring (bicyclic) bond motifs is 1. The number of nitrogens with one attached hydrogen (secondary N) is 2. The number of carbonyl (C=O) groups excluding carboxylic acids is 1. The number of anilines is 1. The van der Waals surface area contributed by atoms with E-state index in [1.807, 2.05) is 0 Å². The largest absolute Gasteiger partial charge is 0.394 e. The number of imidazole rings is 1. The summed E-state index contributed by atoms with van der Waals surface area (Å²) in [6.45, 7) is 1.76. The molecule has 0 radical (unpaired) electrons. The van der Waals surface area contributed by atoms with Crippen molar-refractivity contribution in [3.8, 4) is 0 Å². The first-order valence-corrected chi connectivity index (χ1v) is 10.2. The third kappa shape index (κ3) is 5.06. The van der Waals surface area contributed by atoms with Gasteiger partial charge in [-0.25, -0.2) is 9.97 Å². The maximum absolute atomic E-state index is 11.7. The topological polar surface area (TPSA) is 201 Å². The van der Waals surface area contributed by atoms with Gasteiger partial charge in [-0.1, -0.05) is 0 Å². The van der Waals surface area contributed by atoms with Crippen LogP contribution in [0.5, 0.6) is 0 Å². The van der Waals surface area contributed by atoms with Crippen LogP contribution in [0.25, 0.3) is 11.2 Å². The van der Waals surface area contributed by atoms with Gasteiger partial charge in [-0.3, -0.25) is 9.36 Å². The predicted molar refractivity (Wildman–Crippen MR) is 111 cm³/mol. The van der Waals surface area contributed by atoms with E-state index in [1.165, 1.54) is 17.8 Å². The second kappa shape index (κ2) is 10.0. The summed E-state index contributed by atoms with van der Waals surface area (Å²) < 4.78 is 6.99. The highest BCUT2D eigenvalue weighted by Crippen LogP contribution is 2.32. The number of hydrogen-bond donors (Lipinski definition) is 8. The number of ether oxygens (including phenoxy) is 1. The van der Waals surface area contributed by atoms with E-state index in [-0.39, 0.29) is 5.95 Å². The van der Waals surface area contributed by atoms with E-state index in [0.29, 0.717) is 35.7 Å². The Morgan fingerprint density at radius 1 is 1.35 bits per heavy atom. The number of nitrogens with zero attached hydrogens (tertiary/aromatic N) is 4. The van der Waals surface area contributed by atoms with E-state index < -0.39 is 49.2 Å². The van der Waals surface area contributed by atoms with Gasteiger partial charge in [0.2, 0.25) is 11.9 Å². The Hall–Kier alpha value is -2.07. The van der Waals surface area contributed by atoms with Crippen LogP contribution in [-0.2, 0) is 9.53 Å². The number of nitrogens with two attached hydrogens (primary N) is 1. The molecule has 6 atom stereocenters. The lowest BCUT2D eigenvalue weighted by Crippen LogP contribution is -2.47. The molecule has 172 valence electrons. The zero-order valence-electron chi connectivity index (χ0n) is 16.8. The van der Waals surface area contributed by atoms with Gasteiger partial charge in [0.15, 0.2) is 11.9 Å². The lowest BCUT2D eigenvalue weighted by Gasteiger charge is -2.17. The summed E-state index contributed by atoms with van der Waals surface area (Å²) in [6.07, 6.45) is -3.45. The Morgan fingerprint density at radius 3 is 2.74 bits per heavy atom. The van der Waals surface area contributed by atoms with E-state index in [9.17, 15) is 25.2 Å². The molecule has 1 aliphatic heterocycles. The summed E-state index contributed by atoms with van der Waals surface area (Å²) in [5, 5.41) is 44.8. The second-order valence-electron chi connectivity index (χ2n) is 7.26. The van der Waals surface area contributed by atoms with Crippen LogP contribution in [0.4, 0.5) is 5.95 Å². The SMILES string of the molecule is CC(O)C(N)C(=O)NCCCNc1nc(S)c2ncn([C@@H]3O[C@H](CO)C(O)[C@@H]3O)c2n1. The second-order valence-corrected chi connectivity index (χ2v) is 7.69. The molecule has 1 fully saturated rings. The first-order valence-electron chi connectivity index (χ1n) is 9.75. The predicted octanol–water partition coefficient (Wildman–Crippen LogP) is -2.65. The molecule has 1 aliphatic rings. The van der Waals surface area contributed by atoms with E-state index in [4.69, 9.17) is 10.5 Å². The maximum Gasteiger partial charge on any atom is 0.239 e. The number of amides is 1. The molecule has 1 saturated heterocycles. The normalized spacial score (nSPS) is 25.5. The Morgan fingerprint density at radius 2 is 2.10 bits per heavy atom. The third-order valence-corrected chi connectivity index (χ3v) is 5.26. The summed E-state index contributed by atoms with van der Waals surface area (Å²) >= 11 is 4.33. The molecule has 14 heteroatoms. The van der Waals surface area contributed by atoms with Crippen LogP contribution in [0, 0.1) is 0 Å². The molecule has 0 saturated carbocycles. The van der Waals surface area contributed by atoms with Crippen molar-refractivity contribution < 1.29 is 30.0 Å². The Balaban J connectivity index is 1.64. The summed E-state index contributed by atoms with van der Waals surface area (Å²) in [5.74, 6) is -0.189. The van der Waals surface area contributed by atoms with Crippen LogP contribution in [0.2, 0.25) is 0 Å². The molecule has 2 aromatic heterocycles. The van der Waals surface area contributed by atoms with Crippen molar-refractivity contribution in [3.05, 3.63) is 6.33 Å². The van der Waals surface area contributed by atoms with Crippen molar-refractivity contribution >= 4 is 35.6 Å². The molecule has 0 aliphatic carbocycles. The van der Waals surface area contributed by atoms with Crippen molar-refractivity contribution in [2.24, 2.45) is 5.73 Å². The minimum atomic E-state index is -1.28. The molecular formula is C17H27N7O6S. The molecule has 1 amide bonds. The van der Waals surface area contributed by atoms with Crippen molar-refractivity contribution in [1.29, 1.82) is 0 Å². The summed E-state index contributed by atoms with van der Waals surface area (Å²) in [7, 11) is 0. The van der Waals surface area contributed by atoms with Gasteiger partial charge < -0.3 is 41.5 Å². The van der Waals surface area contributed by atoms with Gasteiger partial charge in [0, 0.05) is 13.1 Å². The van der Waals surface area contributed by atoms with Gasteiger partial charge in [-0.05, 0) is 13.3 Å². The van der Waals surface area contributed by atoms with Crippen LogP contribution >= 0.6 is 12.6 Å². The van der Waals surface area contributed by atoms with Crippen LogP contribution < -0.4 is 16.4 Å². The molecule has 3 unspecified atom stereocenters. The number of thiol groups is 1. The van der Waals surface area contributed by atoms with E-state index >= 15 is 0 Å². The first kappa shape index (κ1) is 23.6. The molecule has 3 rings (SSSR count). The number of aliphatic hydroxyl groups is 4. The van der Waals surface area contributed by atoms with Gasteiger partial charge in [-0.2, -0.15) is 4.98 Å². The van der Waals surface area contributed by atoms with Gasteiger partial charge >= 0.3 is 0 Å². The van der Waals surface area contributed by atoms with Crippen LogP contribution in [0.3, 0.4) is 0 Å². The van der Waals surface area contributed by atoms with Crippen molar-refractivity contribution in [2.75, 3.05) is 25.0 Å². The van der Waals surface area contributed by atoms with Crippen LogP contribution in [-0.4, -0.2) is 96.0 Å². The average Bonchev–Trinajstić information content (AvgIpc) is 3.28.